The van der Waals surface area contributed by atoms with Crippen LogP contribution in [-0.4, -0.2) is 39.5 Å². The summed E-state index contributed by atoms with van der Waals surface area (Å²) in [7, 11) is 0. The molecule has 1 unspecified atom stereocenters. The van der Waals surface area contributed by atoms with Gasteiger partial charge in [-0.3, -0.25) is 9.59 Å². The third-order valence-corrected chi connectivity index (χ3v) is 7.72. The number of aromatic nitrogens is 1. The summed E-state index contributed by atoms with van der Waals surface area (Å²) in [6.07, 6.45) is 5.77. The molecule has 7 heteroatoms. The van der Waals surface area contributed by atoms with E-state index < -0.39 is 5.54 Å². The normalized spacial score (nSPS) is 23.9. The first kappa shape index (κ1) is 24.2. The number of amides is 2. The molecule has 1 aromatic carbocycles. The van der Waals surface area contributed by atoms with E-state index in [1.807, 2.05) is 66.9 Å². The van der Waals surface area contributed by atoms with Gasteiger partial charge in [-0.25, -0.2) is 0 Å². The van der Waals surface area contributed by atoms with E-state index in [9.17, 15) is 9.59 Å². The number of furan rings is 1. The maximum atomic E-state index is 14.0. The standard InChI is InChI=1S/C29H35N3O4/c1-4-35-25-9-6-5-8-21(25)18-32-27(33)24-16-15-23(26-10-7-17-36-26)31(24)19-29(32,3)28(34)30-22-13-11-20(2)12-14-22/h5-10,15-17,20,22H,4,11-14,18-19H2,1-3H3,(H,30,34). The quantitative estimate of drug-likeness (QED) is 0.491. The van der Waals surface area contributed by atoms with Crippen LogP contribution in [0.5, 0.6) is 5.75 Å². The number of nitrogens with zero attached hydrogens (tertiary/aromatic N) is 2. The fraction of sp³-hybridized carbons (Fsp3) is 0.448. The first-order valence-corrected chi connectivity index (χ1v) is 13.0. The largest absolute Gasteiger partial charge is 0.494 e. The first-order chi connectivity index (χ1) is 17.4. The van der Waals surface area contributed by atoms with E-state index in [1.54, 1.807) is 11.2 Å². The van der Waals surface area contributed by atoms with Gasteiger partial charge in [0.05, 0.1) is 31.7 Å². The summed E-state index contributed by atoms with van der Waals surface area (Å²) >= 11 is 0. The Morgan fingerprint density at radius 1 is 1.08 bits per heavy atom. The molecule has 1 fully saturated rings. The van der Waals surface area contributed by atoms with Gasteiger partial charge in [-0.1, -0.05) is 25.1 Å². The maximum absolute atomic E-state index is 14.0. The molecule has 5 rings (SSSR count). The van der Waals surface area contributed by atoms with Crippen molar-refractivity contribution in [3.63, 3.8) is 0 Å². The summed E-state index contributed by atoms with van der Waals surface area (Å²) in [5.41, 5.74) is 1.13. The van der Waals surface area contributed by atoms with Gasteiger partial charge in [0, 0.05) is 11.6 Å². The predicted molar refractivity (Wildman–Crippen MR) is 138 cm³/mol. The number of rotatable bonds is 7. The molecule has 0 saturated heterocycles. The van der Waals surface area contributed by atoms with E-state index in [1.165, 1.54) is 0 Å². The van der Waals surface area contributed by atoms with Crippen LogP contribution in [-0.2, 0) is 17.9 Å². The highest BCUT2D eigenvalue weighted by molar-refractivity contribution is 6.00. The lowest BCUT2D eigenvalue weighted by Crippen LogP contribution is -2.64. The zero-order valence-corrected chi connectivity index (χ0v) is 21.3. The summed E-state index contributed by atoms with van der Waals surface area (Å²) in [5.74, 6) is 1.80. The molecule has 7 nitrogen and oxygen atoms in total. The summed E-state index contributed by atoms with van der Waals surface area (Å²) in [4.78, 5) is 29.7. The van der Waals surface area contributed by atoms with Gasteiger partial charge in [0.15, 0.2) is 0 Å². The molecule has 0 spiro atoms. The van der Waals surface area contributed by atoms with Crippen molar-refractivity contribution in [2.45, 2.75) is 71.1 Å². The monoisotopic (exact) mass is 489 g/mol. The molecule has 3 aromatic rings. The average molecular weight is 490 g/mol. The van der Waals surface area contributed by atoms with E-state index in [0.29, 0.717) is 30.5 Å². The van der Waals surface area contributed by atoms with Gasteiger partial charge in [-0.2, -0.15) is 0 Å². The van der Waals surface area contributed by atoms with E-state index in [-0.39, 0.29) is 24.4 Å². The molecule has 1 saturated carbocycles. The van der Waals surface area contributed by atoms with Gasteiger partial charge >= 0.3 is 0 Å². The van der Waals surface area contributed by atoms with Crippen LogP contribution in [0.25, 0.3) is 11.5 Å². The Kier molecular flexibility index (Phi) is 6.65. The fourth-order valence-electron chi connectivity index (χ4n) is 5.51. The fourth-order valence-corrected chi connectivity index (χ4v) is 5.51. The van der Waals surface area contributed by atoms with Crippen LogP contribution in [0, 0.1) is 5.92 Å². The highest BCUT2D eigenvalue weighted by atomic mass is 16.5. The maximum Gasteiger partial charge on any atom is 0.271 e. The van der Waals surface area contributed by atoms with E-state index in [2.05, 4.69) is 12.2 Å². The topological polar surface area (TPSA) is 76.7 Å². The molecular formula is C29H35N3O4. The second-order valence-electron chi connectivity index (χ2n) is 10.3. The number of hydrogen-bond donors (Lipinski definition) is 1. The van der Waals surface area contributed by atoms with Crippen molar-refractivity contribution < 1.29 is 18.7 Å². The average Bonchev–Trinajstić information content (AvgIpc) is 3.54. The second-order valence-corrected chi connectivity index (χ2v) is 10.3. The van der Waals surface area contributed by atoms with Crippen LogP contribution in [0.4, 0.5) is 0 Å². The van der Waals surface area contributed by atoms with Gasteiger partial charge in [0.1, 0.15) is 22.7 Å². The Morgan fingerprint density at radius 3 is 2.56 bits per heavy atom. The van der Waals surface area contributed by atoms with Crippen LogP contribution < -0.4 is 10.1 Å². The predicted octanol–water partition coefficient (Wildman–Crippen LogP) is 5.26. The minimum atomic E-state index is -1.09. The van der Waals surface area contributed by atoms with Crippen LogP contribution in [0.1, 0.15) is 62.5 Å². The molecule has 1 aliphatic heterocycles. The number of ether oxygens (including phenoxy) is 1. The van der Waals surface area contributed by atoms with Crippen LogP contribution in [0.2, 0.25) is 0 Å². The number of carbonyl (C=O) groups excluding carboxylic acids is 2. The Morgan fingerprint density at radius 2 is 1.83 bits per heavy atom. The lowest BCUT2D eigenvalue weighted by atomic mass is 9.86. The van der Waals surface area contributed by atoms with E-state index in [4.69, 9.17) is 9.15 Å². The van der Waals surface area contributed by atoms with Crippen molar-refractivity contribution in [1.82, 2.24) is 14.8 Å². The molecule has 1 N–H and O–H groups in total. The molecule has 2 aliphatic rings. The summed E-state index contributed by atoms with van der Waals surface area (Å²) in [6, 6.07) is 15.3. The third kappa shape index (κ3) is 4.43. The van der Waals surface area contributed by atoms with Gasteiger partial charge < -0.3 is 23.9 Å². The van der Waals surface area contributed by atoms with Crippen molar-refractivity contribution >= 4 is 11.8 Å². The number of hydrogen-bond acceptors (Lipinski definition) is 4. The summed E-state index contributed by atoms with van der Waals surface area (Å²) in [5, 5.41) is 3.30. The van der Waals surface area contributed by atoms with Crippen molar-refractivity contribution in [3.05, 3.63) is 66.1 Å². The Balaban J connectivity index is 1.52. The SMILES string of the molecule is CCOc1ccccc1CN1C(=O)c2ccc(-c3ccco3)n2CC1(C)C(=O)NC1CCC(C)CC1. The highest BCUT2D eigenvalue weighted by Gasteiger charge is 2.48. The molecule has 0 radical (unpaired) electrons. The van der Waals surface area contributed by atoms with Gasteiger partial charge in [-0.15, -0.1) is 0 Å². The molecule has 0 bridgehead atoms. The zero-order chi connectivity index (χ0) is 25.3. The van der Waals surface area contributed by atoms with Crippen LogP contribution in [0.15, 0.2) is 59.2 Å². The second kappa shape index (κ2) is 9.88. The zero-order valence-electron chi connectivity index (χ0n) is 21.3. The molecular weight excluding hydrogens is 454 g/mol. The Hall–Kier alpha value is -3.48. The van der Waals surface area contributed by atoms with Crippen molar-refractivity contribution in [2.24, 2.45) is 5.92 Å². The molecule has 1 atom stereocenters. The molecule has 1 aliphatic carbocycles. The van der Waals surface area contributed by atoms with Gasteiger partial charge in [0.25, 0.3) is 5.91 Å². The Bertz CT molecular complexity index is 1220. The number of nitrogens with one attached hydrogen (secondary N) is 1. The number of para-hydroxylation sites is 1. The lowest BCUT2D eigenvalue weighted by Gasteiger charge is -2.45. The van der Waals surface area contributed by atoms with E-state index >= 15 is 0 Å². The molecule has 2 aromatic heterocycles. The van der Waals surface area contributed by atoms with Crippen LogP contribution >= 0.6 is 0 Å². The number of fused-ring (bicyclic) bond motifs is 1. The van der Waals surface area contributed by atoms with Gasteiger partial charge in [-0.05, 0) is 75.8 Å². The summed E-state index contributed by atoms with van der Waals surface area (Å²) in [6.45, 7) is 7.22. The summed E-state index contributed by atoms with van der Waals surface area (Å²) < 4.78 is 13.4. The smallest absolute Gasteiger partial charge is 0.271 e. The lowest BCUT2D eigenvalue weighted by molar-refractivity contribution is -0.134. The first-order valence-electron chi connectivity index (χ1n) is 13.0. The molecule has 190 valence electrons. The van der Waals surface area contributed by atoms with Gasteiger partial charge in [0.2, 0.25) is 5.91 Å². The van der Waals surface area contributed by atoms with Crippen LogP contribution in [0.3, 0.4) is 0 Å². The highest BCUT2D eigenvalue weighted by Crippen LogP contribution is 2.36. The van der Waals surface area contributed by atoms with Crippen molar-refractivity contribution in [1.29, 1.82) is 0 Å². The molecule has 36 heavy (non-hydrogen) atoms. The number of carbonyl (C=O) groups is 2. The van der Waals surface area contributed by atoms with E-state index in [0.717, 1.165) is 42.7 Å². The molecule has 3 heterocycles. The van der Waals surface area contributed by atoms with Crippen molar-refractivity contribution in [2.75, 3.05) is 6.61 Å². The minimum Gasteiger partial charge on any atom is -0.494 e. The third-order valence-electron chi connectivity index (χ3n) is 7.72. The molecule has 2 amide bonds. The number of benzene rings is 1. The Labute approximate surface area is 212 Å². The van der Waals surface area contributed by atoms with Crippen molar-refractivity contribution in [3.8, 4) is 17.2 Å². The minimum absolute atomic E-state index is 0.117.